The molecule has 0 bridgehead atoms. The van der Waals surface area contributed by atoms with Crippen LogP contribution < -0.4 is 5.32 Å². The Bertz CT molecular complexity index is 748. The fourth-order valence-corrected chi connectivity index (χ4v) is 1.74. The first kappa shape index (κ1) is 16.2. The van der Waals surface area contributed by atoms with E-state index in [1.807, 2.05) is 30.3 Å². The van der Waals surface area contributed by atoms with Gasteiger partial charge in [0.1, 0.15) is 18.7 Å². The highest BCUT2D eigenvalue weighted by atomic mass is 19.1. The van der Waals surface area contributed by atoms with Gasteiger partial charge in [0.25, 0.3) is 0 Å². The Balaban J connectivity index is 1.81. The minimum atomic E-state index is -0.606. The van der Waals surface area contributed by atoms with Gasteiger partial charge >= 0.3 is 6.09 Å². The van der Waals surface area contributed by atoms with E-state index in [0.29, 0.717) is 11.8 Å². The Kier molecular flexibility index (Phi) is 5.89. The molecule has 0 saturated carbocycles. The maximum Gasteiger partial charge on any atom is 0.408 e. The minimum absolute atomic E-state index is 0.0123. The minimum Gasteiger partial charge on any atom is -0.445 e. The number of halogens is 1. The standard InChI is InChI=1S/C18H14FNO3/c19-17-9-8-15(12-21)11-16(17)7-4-10-20-18(22)23-13-14-5-2-1-3-6-14/h1-3,5-6,8-9,11-12H,10,13H2,(H,20,22). The van der Waals surface area contributed by atoms with Crippen molar-refractivity contribution in [3.63, 3.8) is 0 Å². The Morgan fingerprint density at radius 3 is 2.74 bits per heavy atom. The summed E-state index contributed by atoms with van der Waals surface area (Å²) in [4.78, 5) is 22.1. The van der Waals surface area contributed by atoms with Gasteiger partial charge in [-0.1, -0.05) is 42.2 Å². The summed E-state index contributed by atoms with van der Waals surface area (Å²) >= 11 is 0. The topological polar surface area (TPSA) is 55.4 Å². The molecule has 0 unspecified atom stereocenters. The lowest BCUT2D eigenvalue weighted by Gasteiger charge is -2.04. The Morgan fingerprint density at radius 1 is 1.22 bits per heavy atom. The molecule has 2 aromatic rings. The molecule has 0 atom stereocenters. The summed E-state index contributed by atoms with van der Waals surface area (Å²) < 4.78 is 18.5. The van der Waals surface area contributed by atoms with Gasteiger partial charge in [0.15, 0.2) is 0 Å². The van der Waals surface area contributed by atoms with E-state index in [1.165, 1.54) is 18.2 Å². The van der Waals surface area contributed by atoms with Crippen molar-refractivity contribution in [2.24, 2.45) is 0 Å². The van der Waals surface area contributed by atoms with Crippen LogP contribution in [0.4, 0.5) is 9.18 Å². The monoisotopic (exact) mass is 311 g/mol. The second kappa shape index (κ2) is 8.35. The number of aldehydes is 1. The third-order valence-electron chi connectivity index (χ3n) is 2.88. The van der Waals surface area contributed by atoms with E-state index >= 15 is 0 Å². The van der Waals surface area contributed by atoms with Crippen molar-refractivity contribution in [1.82, 2.24) is 5.32 Å². The molecule has 0 aliphatic heterocycles. The second-order valence-electron chi connectivity index (χ2n) is 4.57. The highest BCUT2D eigenvalue weighted by Crippen LogP contribution is 2.07. The number of amides is 1. The maximum absolute atomic E-state index is 13.5. The summed E-state index contributed by atoms with van der Waals surface area (Å²) in [7, 11) is 0. The molecule has 0 radical (unpaired) electrons. The third kappa shape index (κ3) is 5.29. The number of carbonyl (C=O) groups is 2. The van der Waals surface area contributed by atoms with Gasteiger partial charge in [-0.25, -0.2) is 9.18 Å². The molecular weight excluding hydrogens is 297 g/mol. The Labute approximate surface area is 133 Å². The highest BCUT2D eigenvalue weighted by Gasteiger charge is 2.01. The zero-order valence-corrected chi connectivity index (χ0v) is 12.2. The normalized spacial score (nSPS) is 9.43. The van der Waals surface area contributed by atoms with Crippen molar-refractivity contribution in [2.75, 3.05) is 6.54 Å². The van der Waals surface area contributed by atoms with Gasteiger partial charge in [0.2, 0.25) is 0 Å². The van der Waals surface area contributed by atoms with E-state index in [0.717, 1.165) is 5.56 Å². The van der Waals surface area contributed by atoms with Crippen LogP contribution in [0.1, 0.15) is 21.5 Å². The van der Waals surface area contributed by atoms with E-state index in [9.17, 15) is 14.0 Å². The van der Waals surface area contributed by atoms with Crippen LogP contribution in [0.5, 0.6) is 0 Å². The average molecular weight is 311 g/mol. The number of hydrogen-bond acceptors (Lipinski definition) is 3. The second-order valence-corrected chi connectivity index (χ2v) is 4.57. The van der Waals surface area contributed by atoms with Crippen molar-refractivity contribution in [3.05, 3.63) is 71.0 Å². The molecule has 0 spiro atoms. The van der Waals surface area contributed by atoms with E-state index in [1.54, 1.807) is 0 Å². The number of carbonyl (C=O) groups excluding carboxylic acids is 2. The first-order valence-electron chi connectivity index (χ1n) is 6.87. The van der Waals surface area contributed by atoms with Crippen LogP contribution in [0.25, 0.3) is 0 Å². The lowest BCUT2D eigenvalue weighted by Crippen LogP contribution is -2.24. The molecule has 1 amide bonds. The molecule has 116 valence electrons. The lowest BCUT2D eigenvalue weighted by molar-refractivity contribution is 0.112. The van der Waals surface area contributed by atoms with E-state index in [2.05, 4.69) is 17.2 Å². The van der Waals surface area contributed by atoms with Crippen LogP contribution in [0.3, 0.4) is 0 Å². The van der Waals surface area contributed by atoms with Gasteiger partial charge in [-0.3, -0.25) is 4.79 Å². The third-order valence-corrected chi connectivity index (χ3v) is 2.88. The van der Waals surface area contributed by atoms with Crippen molar-refractivity contribution in [1.29, 1.82) is 0 Å². The smallest absolute Gasteiger partial charge is 0.408 e. The van der Waals surface area contributed by atoms with E-state index < -0.39 is 11.9 Å². The summed E-state index contributed by atoms with van der Waals surface area (Å²) in [6.07, 6.45) is 0.00866. The summed E-state index contributed by atoms with van der Waals surface area (Å²) in [6.45, 7) is 0.175. The van der Waals surface area contributed by atoms with Crippen molar-refractivity contribution in [2.45, 2.75) is 6.61 Å². The SMILES string of the molecule is O=Cc1ccc(F)c(C#CCNC(=O)OCc2ccccc2)c1. The van der Waals surface area contributed by atoms with Gasteiger partial charge in [-0.15, -0.1) is 0 Å². The summed E-state index contributed by atoms with van der Waals surface area (Å²) in [6, 6.07) is 13.2. The van der Waals surface area contributed by atoms with Crippen LogP contribution in [0.15, 0.2) is 48.5 Å². The molecule has 0 aliphatic rings. The molecule has 2 aromatic carbocycles. The zero-order valence-electron chi connectivity index (χ0n) is 12.2. The van der Waals surface area contributed by atoms with Crippen LogP contribution in [0, 0.1) is 17.7 Å². The first-order chi connectivity index (χ1) is 11.2. The van der Waals surface area contributed by atoms with Crippen molar-refractivity contribution < 1.29 is 18.7 Å². The predicted octanol–water partition coefficient (Wildman–Crippen LogP) is 2.92. The van der Waals surface area contributed by atoms with Crippen LogP contribution in [-0.2, 0) is 11.3 Å². The predicted molar refractivity (Wildman–Crippen MR) is 83.3 cm³/mol. The van der Waals surface area contributed by atoms with Crippen LogP contribution in [-0.4, -0.2) is 18.9 Å². The Morgan fingerprint density at radius 2 is 2.00 bits per heavy atom. The van der Waals surface area contributed by atoms with Crippen LogP contribution >= 0.6 is 0 Å². The van der Waals surface area contributed by atoms with Crippen LogP contribution in [0.2, 0.25) is 0 Å². The van der Waals surface area contributed by atoms with Gasteiger partial charge in [-0.2, -0.15) is 0 Å². The molecule has 0 fully saturated rings. The summed E-state index contributed by atoms with van der Waals surface area (Å²) in [5, 5.41) is 2.44. The average Bonchev–Trinajstić information content (AvgIpc) is 2.59. The van der Waals surface area contributed by atoms with Gasteiger partial charge in [0, 0.05) is 5.56 Å². The fourth-order valence-electron chi connectivity index (χ4n) is 1.74. The quantitative estimate of drug-likeness (QED) is 0.698. The van der Waals surface area contributed by atoms with Crippen molar-refractivity contribution >= 4 is 12.4 Å². The number of benzene rings is 2. The molecule has 0 heterocycles. The largest absolute Gasteiger partial charge is 0.445 e. The van der Waals surface area contributed by atoms with Gasteiger partial charge < -0.3 is 10.1 Å². The molecule has 4 nitrogen and oxygen atoms in total. The maximum atomic E-state index is 13.5. The van der Waals surface area contributed by atoms with E-state index in [4.69, 9.17) is 4.74 Å². The molecule has 0 aromatic heterocycles. The van der Waals surface area contributed by atoms with Crippen molar-refractivity contribution in [3.8, 4) is 11.8 Å². The summed E-state index contributed by atoms with van der Waals surface area (Å²) in [5.74, 6) is 4.65. The fraction of sp³-hybridized carbons (Fsp3) is 0.111. The highest BCUT2D eigenvalue weighted by molar-refractivity contribution is 5.75. The number of ether oxygens (including phenoxy) is 1. The Hall–Kier alpha value is -3.13. The molecular formula is C18H14FNO3. The molecule has 23 heavy (non-hydrogen) atoms. The molecule has 5 heteroatoms. The zero-order chi connectivity index (χ0) is 16.5. The number of rotatable bonds is 4. The first-order valence-corrected chi connectivity index (χ1v) is 6.87. The summed E-state index contributed by atoms with van der Waals surface area (Å²) in [5.41, 5.74) is 1.32. The number of nitrogens with one attached hydrogen (secondary N) is 1. The molecule has 0 aliphatic carbocycles. The van der Waals surface area contributed by atoms with Gasteiger partial charge in [-0.05, 0) is 23.8 Å². The van der Waals surface area contributed by atoms with E-state index in [-0.39, 0.29) is 18.7 Å². The van der Waals surface area contributed by atoms with Gasteiger partial charge in [0.05, 0.1) is 12.1 Å². The molecule has 0 saturated heterocycles. The molecule has 1 N–H and O–H groups in total. The number of hydrogen-bond donors (Lipinski definition) is 1. The molecule has 2 rings (SSSR count). The lowest BCUT2D eigenvalue weighted by atomic mass is 10.1. The number of alkyl carbamates (subject to hydrolysis) is 1.